The Morgan fingerprint density at radius 1 is 1.19 bits per heavy atom. The molecule has 1 nitrogen and oxygen atoms in total. The Hall–Kier alpha value is -0.560. The van der Waals surface area contributed by atoms with Crippen molar-refractivity contribution in [3.05, 3.63) is 24.3 Å². The van der Waals surface area contributed by atoms with Gasteiger partial charge in [0.05, 0.1) is 6.10 Å². The Balaban J connectivity index is 3.81. The van der Waals surface area contributed by atoms with E-state index in [1.807, 2.05) is 13.0 Å². The predicted molar refractivity (Wildman–Crippen MR) is 72.6 cm³/mol. The van der Waals surface area contributed by atoms with Gasteiger partial charge in [-0.25, -0.2) is 0 Å². The molecule has 0 rings (SSSR count). The fourth-order valence-corrected chi connectivity index (χ4v) is 1.79. The van der Waals surface area contributed by atoms with E-state index in [1.54, 1.807) is 0 Å². The fourth-order valence-electron chi connectivity index (χ4n) is 1.79. The Morgan fingerprint density at radius 3 is 2.50 bits per heavy atom. The molecule has 0 fully saturated rings. The third-order valence-corrected chi connectivity index (χ3v) is 2.87. The summed E-state index contributed by atoms with van der Waals surface area (Å²) in [4.78, 5) is 0. The first-order valence-electron chi connectivity index (χ1n) is 6.70. The van der Waals surface area contributed by atoms with Gasteiger partial charge < -0.3 is 5.11 Å². The molecule has 0 aromatic carbocycles. The van der Waals surface area contributed by atoms with E-state index in [-0.39, 0.29) is 6.10 Å². The van der Waals surface area contributed by atoms with E-state index >= 15 is 0 Å². The zero-order valence-corrected chi connectivity index (χ0v) is 11.0. The molecular weight excluding hydrogens is 196 g/mol. The summed E-state index contributed by atoms with van der Waals surface area (Å²) >= 11 is 0. The number of rotatable bonds is 10. The summed E-state index contributed by atoms with van der Waals surface area (Å²) in [5.41, 5.74) is 1.22. The van der Waals surface area contributed by atoms with Gasteiger partial charge >= 0.3 is 0 Å². The summed E-state index contributed by atoms with van der Waals surface area (Å²) in [6.45, 7) is 7.81. The van der Waals surface area contributed by atoms with Gasteiger partial charge in [0.2, 0.25) is 0 Å². The fraction of sp³-hybridized carbons (Fsp3) is 0.733. The second kappa shape index (κ2) is 10.9. The van der Waals surface area contributed by atoms with Gasteiger partial charge in [-0.15, -0.1) is 6.58 Å². The van der Waals surface area contributed by atoms with E-state index in [1.165, 1.54) is 31.3 Å². The number of allylic oxidation sites excluding steroid dienone is 2. The van der Waals surface area contributed by atoms with Crippen molar-refractivity contribution in [1.29, 1.82) is 0 Å². The molecule has 0 bridgehead atoms. The van der Waals surface area contributed by atoms with Gasteiger partial charge in [-0.3, -0.25) is 0 Å². The number of hydrogen-bond donors (Lipinski definition) is 1. The van der Waals surface area contributed by atoms with Crippen molar-refractivity contribution in [3.63, 3.8) is 0 Å². The minimum atomic E-state index is -0.273. The lowest BCUT2D eigenvalue weighted by molar-refractivity contribution is 0.225. The molecule has 0 aromatic rings. The molecule has 0 radical (unpaired) electrons. The average Bonchev–Trinajstić information content (AvgIpc) is 2.26. The van der Waals surface area contributed by atoms with Crippen LogP contribution in [-0.4, -0.2) is 11.2 Å². The largest absolute Gasteiger partial charge is 0.389 e. The lowest BCUT2D eigenvalue weighted by Gasteiger charge is -2.10. The molecule has 0 saturated heterocycles. The van der Waals surface area contributed by atoms with Crippen LogP contribution in [-0.2, 0) is 0 Å². The molecule has 1 unspecified atom stereocenters. The lowest BCUT2D eigenvalue weighted by Crippen LogP contribution is -2.04. The summed E-state index contributed by atoms with van der Waals surface area (Å²) in [5, 5.41) is 9.64. The Morgan fingerprint density at radius 2 is 1.94 bits per heavy atom. The second-order valence-electron chi connectivity index (χ2n) is 4.49. The van der Waals surface area contributed by atoms with E-state index in [0.717, 1.165) is 25.7 Å². The first-order chi connectivity index (χ1) is 7.72. The lowest BCUT2D eigenvalue weighted by atomic mass is 10.0. The van der Waals surface area contributed by atoms with Gasteiger partial charge in [-0.2, -0.15) is 0 Å². The van der Waals surface area contributed by atoms with Crippen LogP contribution in [0.5, 0.6) is 0 Å². The van der Waals surface area contributed by atoms with Crippen LogP contribution in [0.1, 0.15) is 65.2 Å². The number of hydrogen-bond acceptors (Lipinski definition) is 1. The summed E-state index contributed by atoms with van der Waals surface area (Å²) in [6, 6.07) is 0. The maximum Gasteiger partial charge on any atom is 0.0721 e. The molecule has 0 aliphatic heterocycles. The van der Waals surface area contributed by atoms with Crippen LogP contribution in [0, 0.1) is 0 Å². The monoisotopic (exact) mass is 224 g/mol. The molecule has 0 saturated carbocycles. The molecule has 1 N–H and O–H groups in total. The van der Waals surface area contributed by atoms with E-state index < -0.39 is 0 Å². The number of aliphatic hydroxyl groups excluding tert-OH is 1. The van der Waals surface area contributed by atoms with Gasteiger partial charge in [0.15, 0.2) is 0 Å². The first-order valence-corrected chi connectivity index (χ1v) is 6.70. The van der Waals surface area contributed by atoms with E-state index in [2.05, 4.69) is 19.6 Å². The van der Waals surface area contributed by atoms with Crippen molar-refractivity contribution in [3.8, 4) is 0 Å². The average molecular weight is 224 g/mol. The molecule has 0 amide bonds. The number of unbranched alkanes of at least 4 members (excludes halogenated alkanes) is 5. The summed E-state index contributed by atoms with van der Waals surface area (Å²) in [7, 11) is 0. The molecule has 0 aromatic heterocycles. The quantitative estimate of drug-likeness (QED) is 0.424. The van der Waals surface area contributed by atoms with Gasteiger partial charge in [0.25, 0.3) is 0 Å². The Kier molecular flexibility index (Phi) is 10.6. The normalized spacial score (nSPS) is 13.8. The molecule has 1 atom stereocenters. The molecule has 0 spiro atoms. The van der Waals surface area contributed by atoms with Gasteiger partial charge in [0, 0.05) is 0 Å². The van der Waals surface area contributed by atoms with Crippen molar-refractivity contribution in [1.82, 2.24) is 0 Å². The third-order valence-electron chi connectivity index (χ3n) is 2.87. The first kappa shape index (κ1) is 15.4. The minimum Gasteiger partial charge on any atom is -0.389 e. The van der Waals surface area contributed by atoms with Crippen molar-refractivity contribution < 1.29 is 5.11 Å². The molecule has 0 aliphatic rings. The highest BCUT2D eigenvalue weighted by molar-refractivity contribution is 5.06. The topological polar surface area (TPSA) is 20.2 Å². The molecule has 94 valence electrons. The van der Waals surface area contributed by atoms with E-state index in [9.17, 15) is 5.11 Å². The standard InChI is InChI=1S/C15H28O/c1-4-6-8-10-12-15(14(3)16)13-11-9-7-5-2/h4,12,14,16H,1,5-11,13H2,2-3H3/b15-12+. The van der Waals surface area contributed by atoms with Crippen LogP contribution >= 0.6 is 0 Å². The zero-order valence-electron chi connectivity index (χ0n) is 11.0. The summed E-state index contributed by atoms with van der Waals surface area (Å²) < 4.78 is 0. The van der Waals surface area contributed by atoms with Crippen LogP contribution < -0.4 is 0 Å². The van der Waals surface area contributed by atoms with Crippen molar-refractivity contribution in [2.75, 3.05) is 0 Å². The highest BCUT2D eigenvalue weighted by atomic mass is 16.3. The van der Waals surface area contributed by atoms with E-state index in [4.69, 9.17) is 0 Å². The summed E-state index contributed by atoms with van der Waals surface area (Å²) in [5.74, 6) is 0. The van der Waals surface area contributed by atoms with Crippen LogP contribution in [0.25, 0.3) is 0 Å². The zero-order chi connectivity index (χ0) is 12.2. The van der Waals surface area contributed by atoms with Crippen molar-refractivity contribution in [2.45, 2.75) is 71.3 Å². The SMILES string of the molecule is C=CCCC/C=C(\CCCCCC)C(C)O. The van der Waals surface area contributed by atoms with Crippen LogP contribution in [0.3, 0.4) is 0 Å². The highest BCUT2D eigenvalue weighted by Gasteiger charge is 2.03. The van der Waals surface area contributed by atoms with Crippen LogP contribution in [0.2, 0.25) is 0 Å². The number of aliphatic hydroxyl groups is 1. The van der Waals surface area contributed by atoms with Crippen molar-refractivity contribution >= 4 is 0 Å². The molecular formula is C15H28O. The third kappa shape index (κ3) is 8.72. The second-order valence-corrected chi connectivity index (χ2v) is 4.49. The maximum absolute atomic E-state index is 9.64. The van der Waals surface area contributed by atoms with E-state index in [0.29, 0.717) is 0 Å². The van der Waals surface area contributed by atoms with Gasteiger partial charge in [0.1, 0.15) is 0 Å². The molecule has 0 aliphatic carbocycles. The smallest absolute Gasteiger partial charge is 0.0721 e. The molecule has 16 heavy (non-hydrogen) atoms. The van der Waals surface area contributed by atoms with Gasteiger partial charge in [-0.1, -0.05) is 38.3 Å². The Bertz CT molecular complexity index is 192. The minimum absolute atomic E-state index is 0.273. The Labute approximate surface area is 101 Å². The predicted octanol–water partition coefficient (Wildman–Crippen LogP) is 4.62. The summed E-state index contributed by atoms with van der Waals surface area (Å²) in [6.07, 6.45) is 13.3. The highest BCUT2D eigenvalue weighted by Crippen LogP contribution is 2.15. The van der Waals surface area contributed by atoms with Crippen molar-refractivity contribution in [2.24, 2.45) is 0 Å². The maximum atomic E-state index is 9.64. The van der Waals surface area contributed by atoms with Gasteiger partial charge in [-0.05, 0) is 44.6 Å². The molecule has 0 heterocycles. The van der Waals surface area contributed by atoms with Crippen LogP contribution in [0.4, 0.5) is 0 Å². The molecule has 1 heteroatoms. The van der Waals surface area contributed by atoms with Crippen LogP contribution in [0.15, 0.2) is 24.3 Å².